The van der Waals surface area contributed by atoms with Gasteiger partial charge >= 0.3 is 6.18 Å². The van der Waals surface area contributed by atoms with Crippen LogP contribution in [0.1, 0.15) is 62.2 Å². The molecule has 8 nitrogen and oxygen atoms in total. The Morgan fingerprint density at radius 2 is 1.97 bits per heavy atom. The summed E-state index contributed by atoms with van der Waals surface area (Å²) >= 11 is 0. The summed E-state index contributed by atoms with van der Waals surface area (Å²) < 4.78 is 43.1. The number of hydrogen-bond acceptors (Lipinski definition) is 7. The first-order valence-electron chi connectivity index (χ1n) is 11.1. The van der Waals surface area contributed by atoms with Crippen LogP contribution in [0, 0.1) is 23.3 Å². The second-order valence-electron chi connectivity index (χ2n) is 8.09. The highest BCUT2D eigenvalue weighted by Crippen LogP contribution is 2.29. The van der Waals surface area contributed by atoms with Crippen molar-refractivity contribution < 1.29 is 22.7 Å². The molecule has 3 heterocycles. The van der Waals surface area contributed by atoms with Crippen LogP contribution in [0.5, 0.6) is 0 Å². The van der Waals surface area contributed by atoms with Gasteiger partial charge in [0.1, 0.15) is 5.69 Å². The Morgan fingerprint density at radius 1 is 1.32 bits per heavy atom. The zero-order valence-electron chi connectivity index (χ0n) is 20.6. The normalized spacial score (nSPS) is 16.0. The number of alkyl halides is 3. The second-order valence-corrected chi connectivity index (χ2v) is 8.09. The average molecular weight is 483 g/mol. The van der Waals surface area contributed by atoms with Gasteiger partial charge in [-0.25, -0.2) is 14.6 Å². The minimum atomic E-state index is -4.49. The molecule has 2 unspecified atom stereocenters. The van der Waals surface area contributed by atoms with Crippen molar-refractivity contribution in [1.29, 1.82) is 5.26 Å². The van der Waals surface area contributed by atoms with E-state index in [1.165, 1.54) is 12.6 Å². The number of Topliss-reactive ketones (excluding diaryl/α,β-unsaturated/α-hetero) is 1. The molecule has 188 valence electrons. The Hall–Kier alpha value is -3.00. The Kier molecular flexibility index (Phi) is 11.7. The fourth-order valence-corrected chi connectivity index (χ4v) is 3.00. The molecule has 0 spiro atoms. The molecule has 1 saturated heterocycles. The molecule has 2 atom stereocenters. The van der Waals surface area contributed by atoms with E-state index < -0.39 is 11.7 Å². The zero-order valence-corrected chi connectivity index (χ0v) is 20.6. The molecule has 0 amide bonds. The maximum atomic E-state index is 12.6. The van der Waals surface area contributed by atoms with Crippen molar-refractivity contribution in [3.63, 3.8) is 0 Å². The molecule has 0 N–H and O–H groups in total. The Labute approximate surface area is 198 Å². The largest absolute Gasteiger partial charge is 0.419 e. The number of halogens is 3. The molecular weight excluding hydrogens is 449 g/mol. The molecule has 2 aromatic rings. The topological polar surface area (TPSA) is 96.9 Å². The van der Waals surface area contributed by atoms with Crippen molar-refractivity contribution in [3.8, 4) is 12.1 Å². The Bertz CT molecular complexity index is 955. The van der Waals surface area contributed by atoms with Crippen molar-refractivity contribution in [3.05, 3.63) is 35.4 Å². The van der Waals surface area contributed by atoms with Gasteiger partial charge in [-0.05, 0) is 30.7 Å². The predicted molar refractivity (Wildman–Crippen MR) is 121 cm³/mol. The maximum Gasteiger partial charge on any atom is 0.419 e. The van der Waals surface area contributed by atoms with E-state index in [2.05, 4.69) is 32.9 Å². The standard InChI is InChI=1S/C15H17F3N4O.C6H10N2.C2H6O/c1-4-9(3)13(23)12-10(5-2)6-19-14(21-12)22-8-11(7-20-22)15(16,17)18;1-6-2-3-8(4-6)5-7;1-3-2/h6-9H,4-5H2,1-3H3;6H,2-4H2,1H3;1-2H3. The molecule has 34 heavy (non-hydrogen) atoms. The van der Waals surface area contributed by atoms with Crippen molar-refractivity contribution in [2.24, 2.45) is 11.8 Å². The molecule has 2 aromatic heterocycles. The number of ether oxygens (including phenoxy) is 1. The number of aromatic nitrogens is 4. The van der Waals surface area contributed by atoms with Crippen molar-refractivity contribution >= 4 is 5.78 Å². The molecule has 0 radical (unpaired) electrons. The van der Waals surface area contributed by atoms with Crippen LogP contribution in [0.4, 0.5) is 13.2 Å². The average Bonchev–Trinajstić information content (AvgIpc) is 3.48. The van der Waals surface area contributed by atoms with Crippen molar-refractivity contribution in [2.45, 2.75) is 53.1 Å². The number of carbonyl (C=O) groups excluding carboxylic acids is 1. The summed E-state index contributed by atoms with van der Waals surface area (Å²) in [6.07, 6.45) is 3.01. The van der Waals surface area contributed by atoms with Crippen molar-refractivity contribution in [1.82, 2.24) is 24.6 Å². The summed E-state index contributed by atoms with van der Waals surface area (Å²) in [5.74, 6) is 0.321. The van der Waals surface area contributed by atoms with Crippen LogP contribution < -0.4 is 0 Å². The van der Waals surface area contributed by atoms with Crippen LogP contribution >= 0.6 is 0 Å². The van der Waals surface area contributed by atoms with Gasteiger partial charge in [0, 0.05) is 45.6 Å². The number of ketones is 1. The quantitative estimate of drug-likeness (QED) is 0.456. The molecule has 1 fully saturated rings. The zero-order chi connectivity index (χ0) is 25.9. The number of rotatable bonds is 5. The third kappa shape index (κ3) is 8.41. The van der Waals surface area contributed by atoms with Gasteiger partial charge in [-0.15, -0.1) is 0 Å². The fourth-order valence-electron chi connectivity index (χ4n) is 3.00. The SMILES string of the molecule is CC1CCN(C#N)C1.CCc1cnc(-n2cc(C(F)(F)F)cn2)nc1C(=O)C(C)CC.COC. The first-order valence-corrected chi connectivity index (χ1v) is 11.1. The van der Waals surface area contributed by atoms with E-state index in [0.29, 0.717) is 24.6 Å². The summed E-state index contributed by atoms with van der Waals surface area (Å²) in [5.41, 5.74) is 0.0219. The molecule has 3 rings (SSSR count). The van der Waals surface area contributed by atoms with E-state index in [-0.39, 0.29) is 23.3 Å². The van der Waals surface area contributed by atoms with Crippen molar-refractivity contribution in [2.75, 3.05) is 27.3 Å². The predicted octanol–water partition coefficient (Wildman–Crippen LogP) is 4.54. The first-order chi connectivity index (χ1) is 16.0. The highest BCUT2D eigenvalue weighted by atomic mass is 19.4. The van der Waals surface area contributed by atoms with E-state index in [0.717, 1.165) is 29.9 Å². The summed E-state index contributed by atoms with van der Waals surface area (Å²) in [7, 11) is 3.25. The van der Waals surface area contributed by atoms with Gasteiger partial charge in [0.05, 0.1) is 11.8 Å². The molecule has 0 saturated carbocycles. The van der Waals surface area contributed by atoms with Crippen LogP contribution in [0.15, 0.2) is 18.6 Å². The third-order valence-electron chi connectivity index (χ3n) is 5.21. The van der Waals surface area contributed by atoms with E-state index in [1.807, 2.05) is 18.7 Å². The minimum Gasteiger partial charge on any atom is -0.388 e. The number of likely N-dealkylation sites (tertiary alicyclic amines) is 1. The molecular formula is C23H33F3N6O2. The van der Waals surface area contributed by atoms with E-state index in [9.17, 15) is 18.0 Å². The smallest absolute Gasteiger partial charge is 0.388 e. The summed E-state index contributed by atoms with van der Waals surface area (Å²) in [6.45, 7) is 9.66. The third-order valence-corrected chi connectivity index (χ3v) is 5.21. The van der Waals surface area contributed by atoms with Crippen LogP contribution in [0.3, 0.4) is 0 Å². The Balaban J connectivity index is 0.000000434. The first kappa shape index (κ1) is 29.0. The lowest BCUT2D eigenvalue weighted by Gasteiger charge is -2.11. The van der Waals surface area contributed by atoms with Gasteiger partial charge in [-0.2, -0.15) is 23.5 Å². The number of hydrogen-bond donors (Lipinski definition) is 0. The second kappa shape index (κ2) is 13.6. The van der Waals surface area contributed by atoms with Gasteiger partial charge in [0.25, 0.3) is 5.95 Å². The number of aryl methyl sites for hydroxylation is 1. The maximum absolute atomic E-state index is 12.6. The van der Waals surface area contributed by atoms with Gasteiger partial charge in [-0.3, -0.25) is 4.79 Å². The molecule has 11 heteroatoms. The lowest BCUT2D eigenvalue weighted by molar-refractivity contribution is -0.137. The minimum absolute atomic E-state index is 0.0515. The Morgan fingerprint density at radius 3 is 2.38 bits per heavy atom. The number of nitriles is 1. The molecule has 0 bridgehead atoms. The number of methoxy groups -OCH3 is 1. The molecule has 0 aliphatic carbocycles. The van der Waals surface area contributed by atoms with Gasteiger partial charge in [0.15, 0.2) is 12.0 Å². The monoisotopic (exact) mass is 482 g/mol. The summed E-state index contributed by atoms with van der Waals surface area (Å²) in [4.78, 5) is 22.4. The molecule has 0 aromatic carbocycles. The highest BCUT2D eigenvalue weighted by molar-refractivity contribution is 5.97. The van der Waals surface area contributed by atoms with Gasteiger partial charge < -0.3 is 9.64 Å². The lowest BCUT2D eigenvalue weighted by atomic mass is 9.98. The summed E-state index contributed by atoms with van der Waals surface area (Å²) in [6, 6.07) is 0. The van der Waals surface area contributed by atoms with E-state index in [4.69, 9.17) is 5.26 Å². The number of nitrogens with zero attached hydrogens (tertiary/aromatic N) is 6. The van der Waals surface area contributed by atoms with E-state index >= 15 is 0 Å². The fraction of sp³-hybridized carbons (Fsp3) is 0.609. The van der Waals surface area contributed by atoms with Gasteiger partial charge in [0.2, 0.25) is 0 Å². The summed E-state index contributed by atoms with van der Waals surface area (Å²) in [5, 5.41) is 12.0. The van der Waals surface area contributed by atoms with E-state index in [1.54, 1.807) is 21.1 Å². The molecule has 1 aliphatic rings. The van der Waals surface area contributed by atoms with Crippen LogP contribution in [-0.2, 0) is 17.3 Å². The highest BCUT2D eigenvalue weighted by Gasteiger charge is 2.32. The number of carbonyl (C=O) groups is 1. The van der Waals surface area contributed by atoms with Crippen LogP contribution in [0.2, 0.25) is 0 Å². The van der Waals surface area contributed by atoms with Crippen LogP contribution in [0.25, 0.3) is 5.95 Å². The van der Waals surface area contributed by atoms with Gasteiger partial charge in [-0.1, -0.05) is 27.7 Å². The van der Waals surface area contributed by atoms with Crippen LogP contribution in [-0.4, -0.2) is 57.7 Å². The molecule has 1 aliphatic heterocycles. The lowest BCUT2D eigenvalue weighted by Crippen LogP contribution is -2.17.